The third-order valence-corrected chi connectivity index (χ3v) is 12.8. The molecule has 0 atom stereocenters. The molecule has 3 aromatic heterocycles. The number of fused-ring (bicyclic) bond motifs is 3. The van der Waals surface area contributed by atoms with Crippen LogP contribution in [0.1, 0.15) is 37.8 Å². The van der Waals surface area contributed by atoms with Crippen LogP contribution in [0.15, 0.2) is 85.2 Å². The number of aromatic nitrogens is 2. The van der Waals surface area contributed by atoms with Gasteiger partial charge in [0, 0.05) is 32.4 Å². The van der Waals surface area contributed by atoms with Crippen molar-refractivity contribution in [1.82, 2.24) is 9.97 Å². The van der Waals surface area contributed by atoms with Crippen LogP contribution >= 0.6 is 11.3 Å². The quantitative estimate of drug-likeness (QED) is 0.131. The van der Waals surface area contributed by atoms with Crippen molar-refractivity contribution in [2.45, 2.75) is 50.9 Å². The summed E-state index contributed by atoms with van der Waals surface area (Å²) in [4.78, 5) is 9.14. The molecule has 0 saturated heterocycles. The Morgan fingerprint density at radius 1 is 0.854 bits per heavy atom. The minimum absolute atomic E-state index is 0. The molecule has 6 aromatic rings. The summed E-state index contributed by atoms with van der Waals surface area (Å²) < 4.78 is 12.3. The number of pyridine rings is 2. The first-order valence-corrected chi connectivity index (χ1v) is 21.8. The van der Waals surface area contributed by atoms with Crippen molar-refractivity contribution in [2.24, 2.45) is 0 Å². The van der Waals surface area contributed by atoms with E-state index in [-0.39, 0.29) is 20.1 Å². The van der Waals surface area contributed by atoms with Gasteiger partial charge in [0.15, 0.2) is 0 Å². The van der Waals surface area contributed by atoms with Crippen LogP contribution in [0, 0.1) is 26.0 Å². The van der Waals surface area contributed by atoms with E-state index in [1.165, 1.54) is 35.7 Å². The molecular weight excluding hydrogens is 757 g/mol. The van der Waals surface area contributed by atoms with Crippen LogP contribution in [0.3, 0.4) is 0 Å². The topological polar surface area (TPSA) is 25.8 Å². The second-order valence-corrected chi connectivity index (χ2v) is 23.2. The zero-order chi connectivity index (χ0) is 29.4. The Bertz CT molecular complexity index is 1840. The Hall–Kier alpha value is -2.63. The molecule has 0 N–H and O–H groups in total. The standard InChI is InChI=1S/C21H18NS.C15H18GeN.Ir/c1-13(2)15-9-10-22-19(12-15)17-6-4-5-16-18-11-14(3)7-8-20(18)23-21(16)17;1-12-10-15(13-8-6-5-7-9-13)17-11-14(12)16(2,3)4;/h4-5,7-13H,1-3H3;5-8,10-11H,1-4H3;/q2*-1;/i13D;;. The van der Waals surface area contributed by atoms with Crippen LogP contribution in [-0.4, -0.2) is 23.2 Å². The first kappa shape index (κ1) is 29.9. The van der Waals surface area contributed by atoms with Gasteiger partial charge in [-0.05, 0) is 40.7 Å². The van der Waals surface area contributed by atoms with Gasteiger partial charge in [0.2, 0.25) is 0 Å². The van der Waals surface area contributed by atoms with E-state index in [1.54, 1.807) is 17.5 Å². The fourth-order valence-electron chi connectivity index (χ4n) is 4.97. The normalized spacial score (nSPS) is 11.9. The maximum atomic E-state index is 8.27. The van der Waals surface area contributed by atoms with Crippen molar-refractivity contribution in [3.8, 4) is 22.5 Å². The summed E-state index contributed by atoms with van der Waals surface area (Å²) in [7, 11) is 0. The molecule has 1 radical (unpaired) electrons. The van der Waals surface area contributed by atoms with Crippen LogP contribution in [0.25, 0.3) is 42.7 Å². The first-order chi connectivity index (χ1) is 19.4. The number of benzene rings is 3. The summed E-state index contributed by atoms with van der Waals surface area (Å²) in [6.07, 6.45) is 3.87. The van der Waals surface area contributed by atoms with Crippen LogP contribution in [-0.2, 0) is 20.1 Å². The van der Waals surface area contributed by atoms with Gasteiger partial charge in [-0.3, -0.25) is 0 Å². The van der Waals surface area contributed by atoms with E-state index in [4.69, 9.17) is 1.37 Å². The van der Waals surface area contributed by atoms with E-state index in [2.05, 4.69) is 95.8 Å². The van der Waals surface area contributed by atoms with Crippen molar-refractivity contribution >= 4 is 49.2 Å². The molecule has 0 aliphatic rings. The van der Waals surface area contributed by atoms with Crippen LogP contribution in [0.5, 0.6) is 0 Å². The molecule has 0 amide bonds. The van der Waals surface area contributed by atoms with E-state index < -0.39 is 19.2 Å². The zero-order valence-corrected chi connectivity index (χ0v) is 30.0. The fourth-order valence-corrected chi connectivity index (χ4v) is 9.74. The number of aryl methyl sites for hydroxylation is 2. The van der Waals surface area contributed by atoms with Gasteiger partial charge in [-0.2, -0.15) is 11.3 Å². The first-order valence-electron chi connectivity index (χ1n) is 14.2. The number of nitrogens with zero attached hydrogens (tertiary/aromatic N) is 2. The molecule has 0 fully saturated rings. The van der Waals surface area contributed by atoms with Crippen molar-refractivity contribution in [2.75, 3.05) is 0 Å². The Morgan fingerprint density at radius 3 is 2.34 bits per heavy atom. The molecule has 3 heterocycles. The average molecular weight is 795 g/mol. The van der Waals surface area contributed by atoms with Crippen molar-refractivity contribution < 1.29 is 21.5 Å². The van der Waals surface area contributed by atoms with Crippen molar-refractivity contribution in [1.29, 1.82) is 0 Å². The second kappa shape index (κ2) is 13.1. The molecule has 3 aromatic carbocycles. The van der Waals surface area contributed by atoms with E-state index in [0.717, 1.165) is 28.1 Å². The molecule has 2 nitrogen and oxygen atoms in total. The minimum Gasteiger partial charge on any atom is -0.305 e. The molecule has 211 valence electrons. The predicted molar refractivity (Wildman–Crippen MR) is 176 cm³/mol. The Morgan fingerprint density at radius 2 is 1.66 bits per heavy atom. The molecule has 5 heteroatoms. The molecule has 0 unspecified atom stereocenters. The Labute approximate surface area is 266 Å². The van der Waals surface area contributed by atoms with Crippen molar-refractivity contribution in [3.63, 3.8) is 0 Å². The van der Waals surface area contributed by atoms with Gasteiger partial charge in [0.1, 0.15) is 0 Å². The zero-order valence-electron chi connectivity index (χ0n) is 25.7. The van der Waals surface area contributed by atoms with Crippen LogP contribution in [0.4, 0.5) is 0 Å². The second-order valence-electron chi connectivity index (χ2n) is 11.5. The molecule has 0 aliphatic heterocycles. The summed E-state index contributed by atoms with van der Waals surface area (Å²) in [5, 5.41) is 2.55. The number of hydrogen-bond donors (Lipinski definition) is 0. The van der Waals surface area contributed by atoms with Gasteiger partial charge < -0.3 is 4.98 Å². The monoisotopic (exact) mass is 796 g/mol. The van der Waals surface area contributed by atoms with Gasteiger partial charge in [-0.25, -0.2) is 0 Å². The fraction of sp³-hybridized carbons (Fsp3) is 0.222. The van der Waals surface area contributed by atoms with E-state index in [1.807, 2.05) is 50.2 Å². The van der Waals surface area contributed by atoms with Gasteiger partial charge in [-0.1, -0.05) is 48.6 Å². The largest absolute Gasteiger partial charge is 0.305 e. The molecule has 41 heavy (non-hydrogen) atoms. The molecule has 0 saturated carbocycles. The summed E-state index contributed by atoms with van der Waals surface area (Å²) in [6.45, 7) is 8.12. The smallest absolute Gasteiger partial charge is 0.0346 e. The summed E-state index contributed by atoms with van der Waals surface area (Å²) in [6, 6.07) is 31.4. The molecule has 0 bridgehead atoms. The SMILES string of the molecule is Cc1cc(-c2[c-]cccc2)nc[c]1[Ge]([CH3])([CH3])[CH3].[2H]C(C)(C)c1ccnc(-c2[c-]ccc3c2sc2ccc(C)cc23)c1.[Ir]. The number of thiophene rings is 1. The minimum atomic E-state index is -1.77. The average Bonchev–Trinajstić information content (AvgIpc) is 3.31. The van der Waals surface area contributed by atoms with Crippen molar-refractivity contribution in [3.05, 3.63) is 114 Å². The summed E-state index contributed by atoms with van der Waals surface area (Å²) in [5.41, 5.74) is 7.63. The maximum absolute atomic E-state index is 8.27. The van der Waals surface area contributed by atoms with Gasteiger partial charge in [0.05, 0.1) is 0 Å². The predicted octanol–water partition coefficient (Wildman–Crippen LogP) is 9.75. The third kappa shape index (κ3) is 7.06. The molecular formula is C36H36GeIrN2S-2. The Kier molecular flexibility index (Phi) is 9.56. The number of rotatable bonds is 4. The number of hydrogen-bond acceptors (Lipinski definition) is 3. The Balaban J connectivity index is 0.000000200. The van der Waals surface area contributed by atoms with E-state index in [0.29, 0.717) is 0 Å². The van der Waals surface area contributed by atoms with Gasteiger partial charge in [-0.15, -0.1) is 23.8 Å². The molecule has 6 rings (SSSR count). The molecule has 0 aliphatic carbocycles. The summed E-state index contributed by atoms with van der Waals surface area (Å²) >= 11 is 0.0144. The van der Waals surface area contributed by atoms with Crippen LogP contribution in [0.2, 0.25) is 17.3 Å². The van der Waals surface area contributed by atoms with Gasteiger partial charge >= 0.3 is 106 Å². The summed E-state index contributed by atoms with van der Waals surface area (Å²) in [5.74, 6) is 6.57. The third-order valence-electron chi connectivity index (χ3n) is 7.08. The van der Waals surface area contributed by atoms with E-state index >= 15 is 0 Å². The van der Waals surface area contributed by atoms with Gasteiger partial charge in [0.25, 0.3) is 0 Å². The molecule has 0 spiro atoms. The van der Waals surface area contributed by atoms with E-state index in [9.17, 15) is 0 Å². The maximum Gasteiger partial charge on any atom is 0.0346 e. The van der Waals surface area contributed by atoms with Crippen LogP contribution < -0.4 is 4.40 Å².